The summed E-state index contributed by atoms with van der Waals surface area (Å²) in [6.07, 6.45) is 4.93. The number of benzene rings is 1. The number of esters is 1. The van der Waals surface area contributed by atoms with Crippen LogP contribution in [0.25, 0.3) is 0 Å². The number of carbonyl (C=O) groups is 1. The van der Waals surface area contributed by atoms with E-state index in [-0.39, 0.29) is 12.2 Å². The van der Waals surface area contributed by atoms with E-state index in [2.05, 4.69) is 4.98 Å². The fraction of sp³-hybridized carbons (Fsp3) is 0.150. The van der Waals surface area contributed by atoms with Crippen molar-refractivity contribution in [3.05, 3.63) is 94.2 Å². The fourth-order valence-corrected chi connectivity index (χ4v) is 2.28. The van der Waals surface area contributed by atoms with Gasteiger partial charge >= 0.3 is 5.97 Å². The third-order valence-corrected chi connectivity index (χ3v) is 3.74. The lowest BCUT2D eigenvalue weighted by Gasteiger charge is -2.08. The zero-order valence-corrected chi connectivity index (χ0v) is 14.3. The Hall–Kier alpha value is -3.41. The average Bonchev–Trinajstić information content (AvgIpc) is 2.68. The summed E-state index contributed by atoms with van der Waals surface area (Å²) in [5.74, 6) is 0.250. The molecule has 0 N–H and O–H groups in total. The SMILES string of the molecule is Cn1cc(C(=O)OCc2ccc(OCc3cccnc3)cc2)ccc1=O. The van der Waals surface area contributed by atoms with Gasteiger partial charge < -0.3 is 14.0 Å². The Labute approximate surface area is 150 Å². The second kappa shape index (κ2) is 8.11. The summed E-state index contributed by atoms with van der Waals surface area (Å²) in [5, 5.41) is 0. The minimum atomic E-state index is -0.475. The first-order chi connectivity index (χ1) is 12.6. The number of rotatable bonds is 6. The minimum Gasteiger partial charge on any atom is -0.489 e. The van der Waals surface area contributed by atoms with Gasteiger partial charge in [-0.2, -0.15) is 0 Å². The lowest BCUT2D eigenvalue weighted by Crippen LogP contribution is -2.17. The smallest absolute Gasteiger partial charge is 0.339 e. The molecule has 0 atom stereocenters. The van der Waals surface area contributed by atoms with Gasteiger partial charge in [-0.05, 0) is 29.8 Å². The molecule has 2 aromatic heterocycles. The van der Waals surface area contributed by atoms with Crippen molar-refractivity contribution in [1.82, 2.24) is 9.55 Å². The Morgan fingerprint density at radius 1 is 1.04 bits per heavy atom. The van der Waals surface area contributed by atoms with Crippen LogP contribution in [-0.4, -0.2) is 15.5 Å². The quantitative estimate of drug-likeness (QED) is 0.639. The number of aryl methyl sites for hydroxylation is 1. The van der Waals surface area contributed by atoms with Crippen LogP contribution in [0, 0.1) is 0 Å². The lowest BCUT2D eigenvalue weighted by molar-refractivity contribution is 0.0471. The van der Waals surface area contributed by atoms with Crippen molar-refractivity contribution in [3.8, 4) is 5.75 Å². The molecule has 0 saturated heterocycles. The van der Waals surface area contributed by atoms with Gasteiger partial charge in [0.15, 0.2) is 0 Å². The highest BCUT2D eigenvalue weighted by molar-refractivity contribution is 5.88. The first kappa shape index (κ1) is 17.4. The summed E-state index contributed by atoms with van der Waals surface area (Å²) in [4.78, 5) is 27.4. The largest absolute Gasteiger partial charge is 0.489 e. The topological polar surface area (TPSA) is 70.4 Å². The molecule has 6 heteroatoms. The molecule has 0 aliphatic heterocycles. The van der Waals surface area contributed by atoms with Crippen molar-refractivity contribution in [1.29, 1.82) is 0 Å². The van der Waals surface area contributed by atoms with Crippen LogP contribution in [-0.2, 0) is 25.0 Å². The first-order valence-corrected chi connectivity index (χ1v) is 8.06. The molecule has 0 spiro atoms. The molecule has 6 nitrogen and oxygen atoms in total. The van der Waals surface area contributed by atoms with Crippen LogP contribution in [0.2, 0.25) is 0 Å². The molecule has 26 heavy (non-hydrogen) atoms. The van der Waals surface area contributed by atoms with E-state index in [1.54, 1.807) is 19.4 Å². The van der Waals surface area contributed by atoms with Crippen LogP contribution in [0.5, 0.6) is 5.75 Å². The van der Waals surface area contributed by atoms with Gasteiger partial charge in [0.1, 0.15) is 19.0 Å². The average molecular weight is 350 g/mol. The summed E-state index contributed by atoms with van der Waals surface area (Å²) in [6, 6.07) is 13.9. The van der Waals surface area contributed by atoms with Gasteiger partial charge in [-0.15, -0.1) is 0 Å². The molecule has 0 aliphatic carbocycles. The van der Waals surface area contributed by atoms with Crippen molar-refractivity contribution in [2.24, 2.45) is 7.05 Å². The van der Waals surface area contributed by atoms with Crippen molar-refractivity contribution in [2.75, 3.05) is 0 Å². The highest BCUT2D eigenvalue weighted by Gasteiger charge is 2.08. The standard InChI is InChI=1S/C20H18N2O4/c1-22-12-17(6-9-19(22)23)20(24)26-13-15-4-7-18(8-5-15)25-14-16-3-2-10-21-11-16/h2-12H,13-14H2,1H3. The van der Waals surface area contributed by atoms with Gasteiger partial charge in [0, 0.05) is 37.3 Å². The van der Waals surface area contributed by atoms with Gasteiger partial charge in [-0.1, -0.05) is 18.2 Å². The number of hydrogen-bond acceptors (Lipinski definition) is 5. The van der Waals surface area contributed by atoms with Crippen LogP contribution in [0.3, 0.4) is 0 Å². The van der Waals surface area contributed by atoms with Gasteiger partial charge in [0.2, 0.25) is 5.56 Å². The summed E-state index contributed by atoms with van der Waals surface area (Å²) >= 11 is 0. The molecule has 0 radical (unpaired) electrons. The minimum absolute atomic E-state index is 0.143. The first-order valence-electron chi connectivity index (χ1n) is 8.06. The maximum Gasteiger partial charge on any atom is 0.339 e. The zero-order chi connectivity index (χ0) is 18.4. The molecular weight excluding hydrogens is 332 g/mol. The molecule has 0 amide bonds. The van der Waals surface area contributed by atoms with Crippen LogP contribution < -0.4 is 10.3 Å². The summed E-state index contributed by atoms with van der Waals surface area (Å²) in [6.45, 7) is 0.583. The molecule has 2 heterocycles. The Bertz CT molecular complexity index is 934. The van der Waals surface area contributed by atoms with Gasteiger partial charge in [0.05, 0.1) is 5.56 Å². The predicted molar refractivity (Wildman–Crippen MR) is 95.8 cm³/mol. The molecule has 0 bridgehead atoms. The lowest BCUT2D eigenvalue weighted by atomic mass is 10.2. The molecule has 0 unspecified atom stereocenters. The van der Waals surface area contributed by atoms with Crippen LogP contribution in [0.15, 0.2) is 71.9 Å². The highest BCUT2D eigenvalue weighted by atomic mass is 16.5. The van der Waals surface area contributed by atoms with E-state index < -0.39 is 5.97 Å². The van der Waals surface area contributed by atoms with Crippen LogP contribution >= 0.6 is 0 Å². The second-order valence-electron chi connectivity index (χ2n) is 5.74. The number of pyridine rings is 2. The van der Waals surface area contributed by atoms with Crippen LogP contribution in [0.1, 0.15) is 21.5 Å². The van der Waals surface area contributed by atoms with E-state index in [1.807, 2.05) is 36.4 Å². The monoisotopic (exact) mass is 350 g/mol. The van der Waals surface area contributed by atoms with Gasteiger partial charge in [0.25, 0.3) is 0 Å². The van der Waals surface area contributed by atoms with E-state index in [4.69, 9.17) is 9.47 Å². The fourth-order valence-electron chi connectivity index (χ4n) is 2.28. The van der Waals surface area contributed by atoms with E-state index in [0.717, 1.165) is 16.9 Å². The third-order valence-electron chi connectivity index (χ3n) is 3.74. The summed E-state index contributed by atoms with van der Waals surface area (Å²) in [5.41, 5.74) is 1.99. The molecule has 0 aliphatic rings. The second-order valence-corrected chi connectivity index (χ2v) is 5.74. The van der Waals surface area contributed by atoms with Gasteiger partial charge in [-0.25, -0.2) is 4.79 Å². The highest BCUT2D eigenvalue weighted by Crippen LogP contribution is 2.15. The van der Waals surface area contributed by atoms with Gasteiger partial charge in [-0.3, -0.25) is 9.78 Å². The van der Waals surface area contributed by atoms with E-state index in [0.29, 0.717) is 12.2 Å². The Kier molecular flexibility index (Phi) is 5.43. The number of ether oxygens (including phenoxy) is 2. The molecule has 1 aromatic carbocycles. The van der Waals surface area contributed by atoms with Crippen molar-refractivity contribution < 1.29 is 14.3 Å². The normalized spacial score (nSPS) is 10.3. The van der Waals surface area contributed by atoms with Crippen molar-refractivity contribution in [2.45, 2.75) is 13.2 Å². The number of aromatic nitrogens is 2. The molecule has 132 valence electrons. The predicted octanol–water partition coefficient (Wildman–Crippen LogP) is 2.72. The number of hydrogen-bond donors (Lipinski definition) is 0. The Morgan fingerprint density at radius 2 is 1.85 bits per heavy atom. The molecule has 3 rings (SSSR count). The van der Waals surface area contributed by atoms with E-state index in [1.165, 1.54) is 22.9 Å². The maximum absolute atomic E-state index is 12.0. The summed E-state index contributed by atoms with van der Waals surface area (Å²) < 4.78 is 12.3. The number of carbonyl (C=O) groups excluding carboxylic acids is 1. The molecular formula is C20H18N2O4. The van der Waals surface area contributed by atoms with Crippen molar-refractivity contribution in [3.63, 3.8) is 0 Å². The van der Waals surface area contributed by atoms with E-state index in [9.17, 15) is 9.59 Å². The Balaban J connectivity index is 1.53. The summed E-state index contributed by atoms with van der Waals surface area (Å²) in [7, 11) is 1.59. The van der Waals surface area contributed by atoms with Crippen LogP contribution in [0.4, 0.5) is 0 Å². The molecule has 0 fully saturated rings. The maximum atomic E-state index is 12.0. The molecule has 3 aromatic rings. The molecule has 0 saturated carbocycles. The third kappa shape index (κ3) is 4.57. The van der Waals surface area contributed by atoms with Crippen molar-refractivity contribution >= 4 is 5.97 Å². The van der Waals surface area contributed by atoms with E-state index >= 15 is 0 Å². The zero-order valence-electron chi connectivity index (χ0n) is 14.3. The number of nitrogens with zero attached hydrogens (tertiary/aromatic N) is 2. The Morgan fingerprint density at radius 3 is 2.54 bits per heavy atom.